The van der Waals surface area contributed by atoms with E-state index in [0.717, 1.165) is 49.6 Å². The van der Waals surface area contributed by atoms with Crippen LogP contribution in [-0.4, -0.2) is 72.5 Å². The van der Waals surface area contributed by atoms with Crippen LogP contribution >= 0.6 is 0 Å². The molecule has 3 amide bonds. The van der Waals surface area contributed by atoms with Gasteiger partial charge in [-0.3, -0.25) is 24.6 Å². The fraction of sp³-hybridized carbons (Fsp3) is 0.640. The summed E-state index contributed by atoms with van der Waals surface area (Å²) < 4.78 is 11.6. The molecule has 1 aromatic rings. The van der Waals surface area contributed by atoms with E-state index >= 15 is 0 Å². The molecule has 3 aliphatic heterocycles. The molecule has 0 radical (unpaired) electrons. The summed E-state index contributed by atoms with van der Waals surface area (Å²) in [5.41, 5.74) is 1.49. The molecule has 1 N–H and O–H groups in total. The standard InChI is InChI=1S/C25H33N3O5/c1-32-20-10-16(11-20)13-27-9-3-2-4-18(27)15-33-19-5-6-21-17(12-19)14-28(25(21)31)22-7-8-23(29)26-24(22)30/h5-6,12,16,18,20,22H,2-4,7-11,13-15H2,1H3,(H,26,29,30). The first kappa shape index (κ1) is 22.3. The van der Waals surface area contributed by atoms with E-state index in [-0.39, 0.29) is 24.1 Å². The zero-order chi connectivity index (χ0) is 22.9. The van der Waals surface area contributed by atoms with Crippen LogP contribution in [0, 0.1) is 5.92 Å². The van der Waals surface area contributed by atoms with E-state index in [9.17, 15) is 14.4 Å². The molecule has 2 saturated heterocycles. The molecule has 1 aliphatic carbocycles. The maximum absolute atomic E-state index is 12.9. The number of imide groups is 1. The molecule has 0 bridgehead atoms. The first-order chi connectivity index (χ1) is 16.0. The van der Waals surface area contributed by atoms with Gasteiger partial charge in [-0.05, 0) is 68.3 Å². The largest absolute Gasteiger partial charge is 0.492 e. The second kappa shape index (κ2) is 9.43. The first-order valence-corrected chi connectivity index (χ1v) is 12.2. The lowest BCUT2D eigenvalue weighted by atomic mass is 9.81. The molecular formula is C25H33N3O5. The highest BCUT2D eigenvalue weighted by molar-refractivity contribution is 6.05. The molecule has 0 spiro atoms. The second-order valence-electron chi connectivity index (χ2n) is 9.87. The van der Waals surface area contributed by atoms with Gasteiger partial charge < -0.3 is 14.4 Å². The fourth-order valence-electron chi connectivity index (χ4n) is 5.67. The summed E-state index contributed by atoms with van der Waals surface area (Å²) >= 11 is 0. The van der Waals surface area contributed by atoms with Crippen molar-refractivity contribution in [2.75, 3.05) is 26.8 Å². The van der Waals surface area contributed by atoms with Crippen LogP contribution < -0.4 is 10.1 Å². The maximum atomic E-state index is 12.9. The topological polar surface area (TPSA) is 88.2 Å². The normalized spacial score (nSPS) is 30.1. The Morgan fingerprint density at radius 2 is 1.97 bits per heavy atom. The Kier molecular flexibility index (Phi) is 6.38. The maximum Gasteiger partial charge on any atom is 0.255 e. The van der Waals surface area contributed by atoms with Crippen LogP contribution in [-0.2, 0) is 20.9 Å². The highest BCUT2D eigenvalue weighted by atomic mass is 16.5. The summed E-state index contributed by atoms with van der Waals surface area (Å²) in [6.45, 7) is 3.26. The van der Waals surface area contributed by atoms with Crippen molar-refractivity contribution in [2.24, 2.45) is 5.92 Å². The van der Waals surface area contributed by atoms with Gasteiger partial charge >= 0.3 is 0 Å². The molecule has 0 aromatic heterocycles. The van der Waals surface area contributed by atoms with Gasteiger partial charge in [0.05, 0.1) is 6.10 Å². The first-order valence-electron chi connectivity index (χ1n) is 12.2. The van der Waals surface area contributed by atoms with E-state index in [2.05, 4.69) is 10.2 Å². The van der Waals surface area contributed by atoms with E-state index in [4.69, 9.17) is 9.47 Å². The van der Waals surface area contributed by atoms with E-state index in [1.54, 1.807) is 18.1 Å². The Bertz CT molecular complexity index is 929. The van der Waals surface area contributed by atoms with Gasteiger partial charge in [-0.25, -0.2) is 0 Å². The average Bonchev–Trinajstić information content (AvgIpc) is 3.10. The van der Waals surface area contributed by atoms with Crippen LogP contribution in [0.3, 0.4) is 0 Å². The number of fused-ring (bicyclic) bond motifs is 1. The molecular weight excluding hydrogens is 422 g/mol. The Morgan fingerprint density at radius 1 is 1.12 bits per heavy atom. The molecule has 178 valence electrons. The third kappa shape index (κ3) is 4.64. The Labute approximate surface area is 194 Å². The predicted molar refractivity (Wildman–Crippen MR) is 121 cm³/mol. The number of ether oxygens (including phenoxy) is 2. The van der Waals surface area contributed by atoms with Crippen molar-refractivity contribution in [3.05, 3.63) is 29.3 Å². The van der Waals surface area contributed by atoms with Crippen molar-refractivity contribution in [2.45, 2.75) is 69.7 Å². The highest BCUT2D eigenvalue weighted by Crippen LogP contribution is 2.33. The molecule has 2 unspecified atom stereocenters. The summed E-state index contributed by atoms with van der Waals surface area (Å²) in [6, 6.07) is 5.41. The van der Waals surface area contributed by atoms with Crippen LogP contribution in [0.4, 0.5) is 0 Å². The second-order valence-corrected chi connectivity index (χ2v) is 9.87. The molecule has 1 aromatic carbocycles. The molecule has 3 heterocycles. The average molecular weight is 456 g/mol. The smallest absolute Gasteiger partial charge is 0.255 e. The minimum absolute atomic E-state index is 0.153. The Hall–Kier alpha value is -2.45. The lowest BCUT2D eigenvalue weighted by molar-refractivity contribution is -0.136. The molecule has 2 atom stereocenters. The molecule has 4 aliphatic rings. The number of carbonyl (C=O) groups excluding carboxylic acids is 3. The van der Waals surface area contributed by atoms with Gasteiger partial charge in [0.2, 0.25) is 11.8 Å². The molecule has 8 nitrogen and oxygen atoms in total. The molecule has 33 heavy (non-hydrogen) atoms. The van der Waals surface area contributed by atoms with Gasteiger partial charge in [0.15, 0.2) is 0 Å². The number of benzene rings is 1. The van der Waals surface area contributed by atoms with E-state index < -0.39 is 6.04 Å². The van der Waals surface area contributed by atoms with Crippen LogP contribution in [0.2, 0.25) is 0 Å². The van der Waals surface area contributed by atoms with E-state index in [0.29, 0.717) is 37.3 Å². The summed E-state index contributed by atoms with van der Waals surface area (Å²) in [6.07, 6.45) is 7.00. The number of likely N-dealkylation sites (tertiary alicyclic amines) is 1. The van der Waals surface area contributed by atoms with Crippen molar-refractivity contribution >= 4 is 17.7 Å². The fourth-order valence-corrected chi connectivity index (χ4v) is 5.67. The minimum atomic E-state index is -0.591. The van der Waals surface area contributed by atoms with Crippen LogP contribution in [0.5, 0.6) is 5.75 Å². The minimum Gasteiger partial charge on any atom is -0.492 e. The van der Waals surface area contributed by atoms with Crippen LogP contribution in [0.1, 0.15) is 60.9 Å². The summed E-state index contributed by atoms with van der Waals surface area (Å²) in [5.74, 6) is 0.674. The van der Waals surface area contributed by atoms with Gasteiger partial charge in [-0.15, -0.1) is 0 Å². The predicted octanol–water partition coefficient (Wildman–Crippen LogP) is 2.11. The number of amides is 3. The Balaban J connectivity index is 1.19. The quantitative estimate of drug-likeness (QED) is 0.634. The van der Waals surface area contributed by atoms with Crippen molar-refractivity contribution in [3.63, 3.8) is 0 Å². The number of hydrogen-bond donors (Lipinski definition) is 1. The molecule has 8 heteroatoms. The van der Waals surface area contributed by atoms with Gasteiger partial charge in [0.1, 0.15) is 18.4 Å². The van der Waals surface area contributed by atoms with E-state index in [1.807, 2.05) is 12.1 Å². The SMILES string of the molecule is COC1CC(CN2CCCCC2COc2ccc3c(c2)CN(C2CCC(=O)NC2=O)C3=O)C1. The number of piperidine rings is 2. The lowest BCUT2D eigenvalue weighted by Crippen LogP contribution is -2.52. The molecule has 3 fully saturated rings. The van der Waals surface area contributed by atoms with Gasteiger partial charge in [-0.1, -0.05) is 6.42 Å². The lowest BCUT2D eigenvalue weighted by Gasteiger charge is -2.42. The van der Waals surface area contributed by atoms with Gasteiger partial charge in [0, 0.05) is 38.2 Å². The number of carbonyl (C=O) groups is 3. The van der Waals surface area contributed by atoms with Gasteiger partial charge in [-0.2, -0.15) is 0 Å². The summed E-state index contributed by atoms with van der Waals surface area (Å²) in [5, 5.41) is 2.35. The van der Waals surface area contributed by atoms with Crippen molar-refractivity contribution in [1.29, 1.82) is 0 Å². The summed E-state index contributed by atoms with van der Waals surface area (Å²) in [7, 11) is 1.80. The van der Waals surface area contributed by atoms with Crippen molar-refractivity contribution < 1.29 is 23.9 Å². The summed E-state index contributed by atoms with van der Waals surface area (Å²) in [4.78, 5) is 40.7. The third-order valence-corrected chi connectivity index (χ3v) is 7.70. The van der Waals surface area contributed by atoms with Crippen LogP contribution in [0.15, 0.2) is 18.2 Å². The molecule has 1 saturated carbocycles. The Morgan fingerprint density at radius 3 is 2.76 bits per heavy atom. The van der Waals surface area contributed by atoms with Crippen LogP contribution in [0.25, 0.3) is 0 Å². The van der Waals surface area contributed by atoms with Crippen molar-refractivity contribution in [3.8, 4) is 5.75 Å². The molecule has 5 rings (SSSR count). The third-order valence-electron chi connectivity index (χ3n) is 7.70. The highest BCUT2D eigenvalue weighted by Gasteiger charge is 2.39. The number of methoxy groups -OCH3 is 1. The zero-order valence-corrected chi connectivity index (χ0v) is 19.3. The zero-order valence-electron chi connectivity index (χ0n) is 19.3. The number of hydrogen-bond acceptors (Lipinski definition) is 6. The number of nitrogens with zero attached hydrogens (tertiary/aromatic N) is 2. The van der Waals surface area contributed by atoms with Gasteiger partial charge in [0.25, 0.3) is 5.91 Å². The van der Waals surface area contributed by atoms with Crippen molar-refractivity contribution in [1.82, 2.24) is 15.1 Å². The number of rotatable bonds is 7. The van der Waals surface area contributed by atoms with E-state index in [1.165, 1.54) is 12.8 Å². The number of nitrogens with one attached hydrogen (secondary N) is 1. The monoisotopic (exact) mass is 455 g/mol.